The number of rotatable bonds is 3. The fourth-order valence-corrected chi connectivity index (χ4v) is 5.06. The van der Waals surface area contributed by atoms with Crippen LogP contribution in [0.2, 0.25) is 0 Å². The molecule has 110 valence electrons. The molecule has 2 aliphatic rings. The summed E-state index contributed by atoms with van der Waals surface area (Å²) in [7, 11) is -3.42. The first-order chi connectivity index (χ1) is 8.84. The lowest BCUT2D eigenvalue weighted by Crippen LogP contribution is -2.51. The lowest BCUT2D eigenvalue weighted by atomic mass is 9.88. The van der Waals surface area contributed by atoms with Gasteiger partial charge in [-0.1, -0.05) is 6.92 Å². The third-order valence-electron chi connectivity index (χ3n) is 4.30. The number of hydrogen-bond acceptors (Lipinski definition) is 3. The Bertz CT molecular complexity index is 451. The van der Waals surface area contributed by atoms with Gasteiger partial charge in [0.1, 0.15) is 0 Å². The number of hydrogen-bond donors (Lipinski definition) is 1. The van der Waals surface area contributed by atoms with Crippen LogP contribution in [0.5, 0.6) is 0 Å². The average molecular weight is 290 g/mol. The zero-order chi connectivity index (χ0) is 14.2. The van der Waals surface area contributed by atoms with E-state index in [1.807, 2.05) is 13.8 Å². The molecule has 3 atom stereocenters. The minimum Gasteiger partial charge on any atom is -0.481 e. The van der Waals surface area contributed by atoms with E-state index in [1.165, 1.54) is 4.31 Å². The van der Waals surface area contributed by atoms with Gasteiger partial charge in [-0.2, -0.15) is 17.0 Å². The van der Waals surface area contributed by atoms with Crippen LogP contribution in [-0.4, -0.2) is 53.8 Å². The second-order valence-corrected chi connectivity index (χ2v) is 7.56. The molecule has 2 fully saturated rings. The van der Waals surface area contributed by atoms with Gasteiger partial charge in [-0.05, 0) is 32.1 Å². The fraction of sp³-hybridized carbons (Fsp3) is 0.917. The van der Waals surface area contributed by atoms with Crippen molar-refractivity contribution in [3.8, 4) is 0 Å². The van der Waals surface area contributed by atoms with E-state index < -0.39 is 22.1 Å². The van der Waals surface area contributed by atoms with Crippen LogP contribution < -0.4 is 0 Å². The van der Waals surface area contributed by atoms with Gasteiger partial charge in [0.25, 0.3) is 10.2 Å². The topological polar surface area (TPSA) is 77.9 Å². The number of aliphatic carboxylic acids is 1. The Morgan fingerprint density at radius 1 is 1.21 bits per heavy atom. The highest BCUT2D eigenvalue weighted by Crippen LogP contribution is 2.29. The van der Waals surface area contributed by atoms with Crippen LogP contribution in [-0.2, 0) is 15.0 Å². The van der Waals surface area contributed by atoms with Crippen LogP contribution in [0.15, 0.2) is 0 Å². The van der Waals surface area contributed by atoms with Gasteiger partial charge in [-0.25, -0.2) is 0 Å². The molecule has 0 aliphatic carbocycles. The van der Waals surface area contributed by atoms with Gasteiger partial charge in [0.05, 0.1) is 5.92 Å². The number of carboxylic acids is 1. The first kappa shape index (κ1) is 14.7. The quantitative estimate of drug-likeness (QED) is 0.832. The van der Waals surface area contributed by atoms with Crippen molar-refractivity contribution in [1.29, 1.82) is 0 Å². The first-order valence-corrected chi connectivity index (χ1v) is 8.23. The molecule has 2 rings (SSSR count). The standard InChI is InChI=1S/C12H22N2O4S/c1-9-8-13(7-5-11(9)12(15)16)19(17,18)14-6-3-4-10(14)2/h9-11H,3-8H2,1-2H3,(H,15,16). The van der Waals surface area contributed by atoms with E-state index in [0.717, 1.165) is 12.8 Å². The maximum absolute atomic E-state index is 12.5. The maximum Gasteiger partial charge on any atom is 0.306 e. The van der Waals surface area contributed by atoms with Gasteiger partial charge >= 0.3 is 5.97 Å². The van der Waals surface area contributed by atoms with Crippen LogP contribution in [0, 0.1) is 11.8 Å². The second kappa shape index (κ2) is 5.38. The minimum absolute atomic E-state index is 0.0532. The zero-order valence-corrected chi connectivity index (χ0v) is 12.3. The second-order valence-electron chi connectivity index (χ2n) is 5.68. The molecule has 0 saturated carbocycles. The average Bonchev–Trinajstić information content (AvgIpc) is 2.75. The summed E-state index contributed by atoms with van der Waals surface area (Å²) in [5, 5.41) is 9.07. The third kappa shape index (κ3) is 2.78. The smallest absolute Gasteiger partial charge is 0.306 e. The van der Waals surface area contributed by atoms with Crippen LogP contribution in [0.1, 0.15) is 33.1 Å². The largest absolute Gasteiger partial charge is 0.481 e. The number of piperidine rings is 1. The van der Waals surface area contributed by atoms with Gasteiger partial charge in [0, 0.05) is 25.7 Å². The van der Waals surface area contributed by atoms with E-state index >= 15 is 0 Å². The summed E-state index contributed by atoms with van der Waals surface area (Å²) in [5.74, 6) is -1.39. The van der Waals surface area contributed by atoms with Crippen molar-refractivity contribution >= 4 is 16.2 Å². The van der Waals surface area contributed by atoms with Crippen molar-refractivity contribution < 1.29 is 18.3 Å². The Labute approximate surface area is 114 Å². The molecule has 3 unspecified atom stereocenters. The Hall–Kier alpha value is -0.660. The predicted octanol–water partition coefficient (Wildman–Crippen LogP) is 0.758. The molecule has 0 bridgehead atoms. The normalized spacial score (nSPS) is 34.5. The maximum atomic E-state index is 12.5. The molecule has 0 aromatic carbocycles. The van der Waals surface area contributed by atoms with E-state index in [-0.39, 0.29) is 12.0 Å². The van der Waals surface area contributed by atoms with E-state index in [0.29, 0.717) is 26.1 Å². The van der Waals surface area contributed by atoms with E-state index in [1.54, 1.807) is 4.31 Å². The first-order valence-electron chi connectivity index (χ1n) is 6.83. The summed E-state index contributed by atoms with van der Waals surface area (Å²) in [6.45, 7) is 4.94. The summed E-state index contributed by atoms with van der Waals surface area (Å²) >= 11 is 0. The van der Waals surface area contributed by atoms with Crippen LogP contribution in [0.4, 0.5) is 0 Å². The minimum atomic E-state index is -3.42. The zero-order valence-electron chi connectivity index (χ0n) is 11.4. The third-order valence-corrected chi connectivity index (χ3v) is 6.42. The molecule has 2 heterocycles. The molecule has 2 saturated heterocycles. The van der Waals surface area contributed by atoms with Gasteiger partial charge in [0.2, 0.25) is 0 Å². The molecule has 0 radical (unpaired) electrons. The number of nitrogens with zero attached hydrogens (tertiary/aromatic N) is 2. The lowest BCUT2D eigenvalue weighted by molar-refractivity contribution is -0.144. The van der Waals surface area contributed by atoms with E-state index in [2.05, 4.69) is 0 Å². The highest BCUT2D eigenvalue weighted by molar-refractivity contribution is 7.86. The molecule has 1 N–H and O–H groups in total. The molecule has 0 amide bonds. The molecule has 19 heavy (non-hydrogen) atoms. The molecule has 0 spiro atoms. The SMILES string of the molecule is CC1CN(S(=O)(=O)N2CCCC2C)CCC1C(=O)O. The Balaban J connectivity index is 2.09. The number of carboxylic acid groups (broad SMARTS) is 1. The van der Waals surface area contributed by atoms with Crippen molar-refractivity contribution in [3.05, 3.63) is 0 Å². The van der Waals surface area contributed by atoms with E-state index in [9.17, 15) is 13.2 Å². The molecular weight excluding hydrogens is 268 g/mol. The summed E-state index contributed by atoms with van der Waals surface area (Å²) in [6, 6.07) is 0.0532. The Morgan fingerprint density at radius 3 is 2.37 bits per heavy atom. The van der Waals surface area contributed by atoms with Crippen molar-refractivity contribution in [2.45, 2.75) is 39.2 Å². The van der Waals surface area contributed by atoms with Crippen molar-refractivity contribution in [2.24, 2.45) is 11.8 Å². The van der Waals surface area contributed by atoms with Gasteiger partial charge in [-0.3, -0.25) is 4.79 Å². The van der Waals surface area contributed by atoms with Gasteiger partial charge in [0.15, 0.2) is 0 Å². The molecule has 6 nitrogen and oxygen atoms in total. The Morgan fingerprint density at radius 2 is 1.89 bits per heavy atom. The van der Waals surface area contributed by atoms with Crippen molar-refractivity contribution in [3.63, 3.8) is 0 Å². The fourth-order valence-electron chi connectivity index (χ4n) is 3.08. The van der Waals surface area contributed by atoms with Crippen molar-refractivity contribution in [1.82, 2.24) is 8.61 Å². The summed E-state index contributed by atoms with van der Waals surface area (Å²) in [5.41, 5.74) is 0. The van der Waals surface area contributed by atoms with Crippen LogP contribution >= 0.6 is 0 Å². The summed E-state index contributed by atoms with van der Waals surface area (Å²) in [6.07, 6.45) is 2.21. The van der Waals surface area contributed by atoms with Crippen LogP contribution in [0.3, 0.4) is 0 Å². The molecule has 0 aromatic heterocycles. The Kier molecular flexibility index (Phi) is 4.17. The van der Waals surface area contributed by atoms with Crippen LogP contribution in [0.25, 0.3) is 0 Å². The molecular formula is C12H22N2O4S. The monoisotopic (exact) mass is 290 g/mol. The predicted molar refractivity (Wildman–Crippen MR) is 70.8 cm³/mol. The highest BCUT2D eigenvalue weighted by atomic mass is 32.2. The summed E-state index contributed by atoms with van der Waals surface area (Å²) < 4.78 is 28.1. The molecule has 0 aromatic rings. The molecule has 2 aliphatic heterocycles. The van der Waals surface area contributed by atoms with Crippen molar-refractivity contribution in [2.75, 3.05) is 19.6 Å². The lowest BCUT2D eigenvalue weighted by Gasteiger charge is -2.37. The molecule has 7 heteroatoms. The van der Waals surface area contributed by atoms with E-state index in [4.69, 9.17) is 5.11 Å². The van der Waals surface area contributed by atoms with Gasteiger partial charge in [-0.15, -0.1) is 0 Å². The number of carbonyl (C=O) groups is 1. The van der Waals surface area contributed by atoms with Gasteiger partial charge < -0.3 is 5.11 Å². The highest BCUT2D eigenvalue weighted by Gasteiger charge is 2.40. The summed E-state index contributed by atoms with van der Waals surface area (Å²) in [4.78, 5) is 11.1.